The van der Waals surface area contributed by atoms with E-state index in [0.717, 1.165) is 22.6 Å². The summed E-state index contributed by atoms with van der Waals surface area (Å²) in [6, 6.07) is 20.4. The molecule has 1 N–H and O–H groups in total. The molecular weight excluding hydrogens is 486 g/mol. The third kappa shape index (κ3) is 5.88. The van der Waals surface area contributed by atoms with Crippen LogP contribution in [0.5, 0.6) is 23.0 Å². The number of methoxy groups -OCH3 is 4. The zero-order valence-electron chi connectivity index (χ0n) is 21.9. The summed E-state index contributed by atoms with van der Waals surface area (Å²) in [5.74, 6) is 1.43. The Balaban J connectivity index is 1.48. The summed E-state index contributed by atoms with van der Waals surface area (Å²) in [5.41, 5.74) is 3.19. The smallest absolute Gasteiger partial charge is 0.243 e. The maximum Gasteiger partial charge on any atom is 0.243 e. The molecule has 3 aromatic carbocycles. The van der Waals surface area contributed by atoms with Crippen molar-refractivity contribution in [3.63, 3.8) is 0 Å². The molecule has 0 fully saturated rings. The van der Waals surface area contributed by atoms with Gasteiger partial charge in [0, 0.05) is 37.1 Å². The Morgan fingerprint density at radius 1 is 0.868 bits per heavy atom. The number of carbonyl (C=O) groups excluding carboxylic acids is 2. The Bertz CT molecular complexity index is 1280. The Morgan fingerprint density at radius 2 is 1.53 bits per heavy atom. The third-order valence-electron chi connectivity index (χ3n) is 6.29. The van der Waals surface area contributed by atoms with Gasteiger partial charge in [-0.05, 0) is 23.3 Å². The minimum absolute atomic E-state index is 0.00547. The Hall–Kier alpha value is -4.53. The van der Waals surface area contributed by atoms with Crippen LogP contribution in [0.2, 0.25) is 0 Å². The minimum atomic E-state index is -0.319. The lowest BCUT2D eigenvalue weighted by Crippen LogP contribution is -2.28. The number of nitrogens with one attached hydrogen (secondary N) is 1. The van der Waals surface area contributed by atoms with Gasteiger partial charge < -0.3 is 24.3 Å². The maximum atomic E-state index is 13.3. The van der Waals surface area contributed by atoms with E-state index in [1.807, 2.05) is 54.6 Å². The van der Waals surface area contributed by atoms with E-state index in [2.05, 4.69) is 10.4 Å². The number of hydrazone groups is 1. The van der Waals surface area contributed by atoms with Crippen molar-refractivity contribution in [3.8, 4) is 23.0 Å². The topological polar surface area (TPSA) is 98.7 Å². The fourth-order valence-corrected chi connectivity index (χ4v) is 4.34. The van der Waals surface area contributed by atoms with Crippen LogP contribution in [-0.4, -0.2) is 51.0 Å². The summed E-state index contributed by atoms with van der Waals surface area (Å²) in [4.78, 5) is 26.1. The van der Waals surface area contributed by atoms with Crippen molar-refractivity contribution in [2.24, 2.45) is 5.10 Å². The van der Waals surface area contributed by atoms with E-state index in [-0.39, 0.29) is 30.7 Å². The highest BCUT2D eigenvalue weighted by Crippen LogP contribution is 2.40. The van der Waals surface area contributed by atoms with Crippen LogP contribution in [0, 0.1) is 0 Å². The van der Waals surface area contributed by atoms with E-state index in [4.69, 9.17) is 18.9 Å². The van der Waals surface area contributed by atoms with Crippen LogP contribution in [-0.2, 0) is 9.59 Å². The van der Waals surface area contributed by atoms with Crippen molar-refractivity contribution >= 4 is 23.2 Å². The van der Waals surface area contributed by atoms with Gasteiger partial charge >= 0.3 is 0 Å². The molecule has 198 valence electrons. The Labute approximate surface area is 222 Å². The van der Waals surface area contributed by atoms with Crippen molar-refractivity contribution in [1.82, 2.24) is 5.01 Å². The van der Waals surface area contributed by atoms with Crippen LogP contribution >= 0.6 is 0 Å². The molecule has 0 spiro atoms. The first-order chi connectivity index (χ1) is 18.5. The molecule has 1 atom stereocenters. The molecule has 4 rings (SSSR count). The number of nitrogens with zero attached hydrogens (tertiary/aromatic N) is 2. The first kappa shape index (κ1) is 26.5. The zero-order chi connectivity index (χ0) is 27.1. The van der Waals surface area contributed by atoms with Crippen LogP contribution in [0.15, 0.2) is 71.8 Å². The molecule has 1 aliphatic rings. The summed E-state index contributed by atoms with van der Waals surface area (Å²) in [6.45, 7) is 0. The summed E-state index contributed by atoms with van der Waals surface area (Å²) in [5, 5.41) is 8.98. The van der Waals surface area contributed by atoms with Gasteiger partial charge in [-0.25, -0.2) is 5.01 Å². The van der Waals surface area contributed by atoms with Crippen molar-refractivity contribution in [3.05, 3.63) is 77.9 Å². The monoisotopic (exact) mass is 517 g/mol. The van der Waals surface area contributed by atoms with Gasteiger partial charge in [0.05, 0.1) is 40.2 Å². The number of amides is 2. The summed E-state index contributed by atoms with van der Waals surface area (Å²) >= 11 is 0. The van der Waals surface area contributed by atoms with Gasteiger partial charge in [-0.1, -0.05) is 42.5 Å². The predicted molar refractivity (Wildman–Crippen MR) is 144 cm³/mol. The van der Waals surface area contributed by atoms with Crippen LogP contribution in [0.3, 0.4) is 0 Å². The molecule has 0 radical (unpaired) electrons. The molecule has 38 heavy (non-hydrogen) atoms. The lowest BCUT2D eigenvalue weighted by Gasteiger charge is -2.22. The second kappa shape index (κ2) is 12.1. The SMILES string of the molecule is COc1ccc([C@H]2CC(c3ccccc3)=NN2C(=O)CCC(=O)Nc2cc(OC)c(OC)c(OC)c2)cc1. The first-order valence-electron chi connectivity index (χ1n) is 12.2. The molecule has 3 aromatic rings. The summed E-state index contributed by atoms with van der Waals surface area (Å²) in [6.07, 6.45) is 0.547. The summed E-state index contributed by atoms with van der Waals surface area (Å²) < 4.78 is 21.3. The Morgan fingerprint density at radius 3 is 2.11 bits per heavy atom. The van der Waals surface area contributed by atoms with Crippen molar-refractivity contribution < 1.29 is 28.5 Å². The standard InChI is InChI=1S/C29H31N3O6/c1-35-22-12-10-20(11-13-22)24-18-23(19-8-6-5-7-9-19)31-32(24)28(34)15-14-27(33)30-21-16-25(36-2)29(38-4)26(17-21)37-3/h5-13,16-17,24H,14-15,18H2,1-4H3,(H,30,33)/t24-/m1/s1. The van der Waals surface area contributed by atoms with Crippen molar-refractivity contribution in [1.29, 1.82) is 0 Å². The number of hydrogen-bond acceptors (Lipinski definition) is 7. The van der Waals surface area contributed by atoms with E-state index in [9.17, 15) is 9.59 Å². The molecule has 0 saturated heterocycles. The highest BCUT2D eigenvalue weighted by atomic mass is 16.5. The fourth-order valence-electron chi connectivity index (χ4n) is 4.34. The quantitative estimate of drug-likeness (QED) is 0.414. The van der Waals surface area contributed by atoms with Gasteiger partial charge in [0.15, 0.2) is 11.5 Å². The number of rotatable bonds is 10. The molecule has 0 bridgehead atoms. The normalized spacial score (nSPS) is 14.5. The zero-order valence-corrected chi connectivity index (χ0v) is 21.9. The summed E-state index contributed by atoms with van der Waals surface area (Å²) in [7, 11) is 6.12. The second-order valence-electron chi connectivity index (χ2n) is 8.61. The Kier molecular flexibility index (Phi) is 8.47. The number of hydrogen-bond donors (Lipinski definition) is 1. The average molecular weight is 518 g/mol. The molecule has 2 amide bonds. The van der Waals surface area contributed by atoms with E-state index < -0.39 is 0 Å². The molecule has 9 heteroatoms. The fraction of sp³-hybridized carbons (Fsp3) is 0.276. The molecule has 1 heterocycles. The average Bonchev–Trinajstić information content (AvgIpc) is 3.41. The van der Waals surface area contributed by atoms with E-state index in [1.165, 1.54) is 26.3 Å². The highest BCUT2D eigenvalue weighted by Gasteiger charge is 2.33. The molecular formula is C29H31N3O6. The molecule has 9 nitrogen and oxygen atoms in total. The van der Waals surface area contributed by atoms with Gasteiger partial charge in [0.2, 0.25) is 17.6 Å². The maximum absolute atomic E-state index is 13.3. The van der Waals surface area contributed by atoms with Gasteiger partial charge in [-0.15, -0.1) is 0 Å². The predicted octanol–water partition coefficient (Wildman–Crippen LogP) is 4.82. The van der Waals surface area contributed by atoms with E-state index in [1.54, 1.807) is 19.2 Å². The van der Waals surface area contributed by atoms with E-state index >= 15 is 0 Å². The van der Waals surface area contributed by atoms with Crippen LogP contribution in [0.25, 0.3) is 0 Å². The third-order valence-corrected chi connectivity index (χ3v) is 6.29. The van der Waals surface area contributed by atoms with Crippen LogP contribution in [0.4, 0.5) is 5.69 Å². The molecule has 0 unspecified atom stereocenters. The van der Waals surface area contributed by atoms with Gasteiger partial charge in [-0.2, -0.15) is 5.10 Å². The molecule has 1 aliphatic heterocycles. The van der Waals surface area contributed by atoms with Gasteiger partial charge in [0.25, 0.3) is 0 Å². The van der Waals surface area contributed by atoms with Crippen molar-refractivity contribution in [2.75, 3.05) is 33.8 Å². The second-order valence-corrected chi connectivity index (χ2v) is 8.61. The van der Waals surface area contributed by atoms with Crippen LogP contribution in [0.1, 0.15) is 36.4 Å². The molecule has 0 saturated carbocycles. The molecule has 0 aliphatic carbocycles. The lowest BCUT2D eigenvalue weighted by molar-refractivity contribution is -0.134. The highest BCUT2D eigenvalue weighted by molar-refractivity contribution is 6.03. The number of benzene rings is 3. The van der Waals surface area contributed by atoms with Gasteiger partial charge in [0.1, 0.15) is 5.75 Å². The largest absolute Gasteiger partial charge is 0.497 e. The van der Waals surface area contributed by atoms with E-state index in [0.29, 0.717) is 29.4 Å². The number of anilines is 1. The van der Waals surface area contributed by atoms with Gasteiger partial charge in [-0.3, -0.25) is 9.59 Å². The molecule has 0 aromatic heterocycles. The number of carbonyl (C=O) groups is 2. The van der Waals surface area contributed by atoms with Crippen LogP contribution < -0.4 is 24.3 Å². The lowest BCUT2D eigenvalue weighted by atomic mass is 9.98. The number of ether oxygens (including phenoxy) is 4. The minimum Gasteiger partial charge on any atom is -0.497 e. The van der Waals surface area contributed by atoms with Crippen molar-refractivity contribution in [2.45, 2.75) is 25.3 Å². The first-order valence-corrected chi connectivity index (χ1v) is 12.2.